The molecule has 3 N–H and O–H groups in total. The Morgan fingerprint density at radius 3 is 3.00 bits per heavy atom. The number of rotatable bonds is 5. The number of ether oxygens (including phenoxy) is 1. The van der Waals surface area contributed by atoms with E-state index in [2.05, 4.69) is 4.98 Å². The molecule has 0 bridgehead atoms. The van der Waals surface area contributed by atoms with Gasteiger partial charge < -0.3 is 15.6 Å². The first-order chi connectivity index (χ1) is 6.77. The van der Waals surface area contributed by atoms with E-state index in [1.54, 1.807) is 6.07 Å². The summed E-state index contributed by atoms with van der Waals surface area (Å²) in [5, 5.41) is 9.47. The molecule has 0 radical (unpaired) electrons. The van der Waals surface area contributed by atoms with Crippen LogP contribution < -0.4 is 10.5 Å². The van der Waals surface area contributed by atoms with Crippen LogP contribution in [0.1, 0.15) is 6.92 Å². The van der Waals surface area contributed by atoms with Gasteiger partial charge in [-0.25, -0.2) is 4.98 Å². The van der Waals surface area contributed by atoms with E-state index < -0.39 is 0 Å². The summed E-state index contributed by atoms with van der Waals surface area (Å²) in [6.07, 6.45) is 0. The Balaban J connectivity index is 2.72. The third-order valence-electron chi connectivity index (χ3n) is 1.49. The predicted octanol–water partition coefficient (Wildman–Crippen LogP) is 1.15. The van der Waals surface area contributed by atoms with Gasteiger partial charge in [0.25, 0.3) is 0 Å². The fraction of sp³-hybridized carbons (Fsp3) is 0.444. The molecule has 0 spiro atoms. The SMILES string of the molecule is CCOc1nc(SCCO)ccc1N. The molecule has 0 aromatic carbocycles. The number of nitrogens with zero attached hydrogens (tertiary/aromatic N) is 1. The fourth-order valence-electron chi connectivity index (χ4n) is 0.917. The maximum absolute atomic E-state index is 8.65. The summed E-state index contributed by atoms with van der Waals surface area (Å²) < 4.78 is 5.25. The lowest BCUT2D eigenvalue weighted by atomic mass is 10.4. The van der Waals surface area contributed by atoms with E-state index in [1.807, 2.05) is 13.0 Å². The molecule has 0 fully saturated rings. The first-order valence-corrected chi connectivity index (χ1v) is 5.39. The summed E-state index contributed by atoms with van der Waals surface area (Å²) in [6, 6.07) is 3.58. The number of anilines is 1. The van der Waals surface area contributed by atoms with Crippen LogP contribution in [0, 0.1) is 0 Å². The highest BCUT2D eigenvalue weighted by Crippen LogP contribution is 2.23. The minimum absolute atomic E-state index is 0.140. The van der Waals surface area contributed by atoms with Crippen molar-refractivity contribution < 1.29 is 9.84 Å². The molecule has 0 aliphatic rings. The smallest absolute Gasteiger partial charge is 0.238 e. The molecule has 1 aromatic heterocycles. The van der Waals surface area contributed by atoms with E-state index in [4.69, 9.17) is 15.6 Å². The maximum Gasteiger partial charge on any atom is 0.238 e. The molecule has 5 heteroatoms. The Hall–Kier alpha value is -0.940. The number of hydrogen-bond donors (Lipinski definition) is 2. The zero-order chi connectivity index (χ0) is 10.4. The molecule has 14 heavy (non-hydrogen) atoms. The number of nitrogens with two attached hydrogens (primary N) is 1. The highest BCUT2D eigenvalue weighted by Gasteiger charge is 2.03. The van der Waals surface area contributed by atoms with Crippen LogP contribution in [0.2, 0.25) is 0 Å². The molecule has 0 saturated carbocycles. The van der Waals surface area contributed by atoms with Crippen molar-refractivity contribution in [1.29, 1.82) is 0 Å². The lowest BCUT2D eigenvalue weighted by molar-refractivity contribution is 0.321. The van der Waals surface area contributed by atoms with Gasteiger partial charge in [0, 0.05) is 5.75 Å². The van der Waals surface area contributed by atoms with Crippen molar-refractivity contribution >= 4 is 17.4 Å². The molecule has 1 aromatic rings. The van der Waals surface area contributed by atoms with E-state index in [9.17, 15) is 0 Å². The van der Waals surface area contributed by atoms with Crippen LogP contribution in [0.3, 0.4) is 0 Å². The van der Waals surface area contributed by atoms with Gasteiger partial charge in [-0.1, -0.05) is 0 Å². The summed E-state index contributed by atoms with van der Waals surface area (Å²) in [7, 11) is 0. The number of aromatic nitrogens is 1. The topological polar surface area (TPSA) is 68.4 Å². The molecule has 0 aliphatic carbocycles. The molecule has 0 atom stereocenters. The van der Waals surface area contributed by atoms with Crippen LogP contribution in [0.5, 0.6) is 5.88 Å². The minimum Gasteiger partial charge on any atom is -0.476 e. The number of pyridine rings is 1. The van der Waals surface area contributed by atoms with Gasteiger partial charge >= 0.3 is 0 Å². The first kappa shape index (κ1) is 11.1. The van der Waals surface area contributed by atoms with Crippen molar-refractivity contribution in [3.63, 3.8) is 0 Å². The molecular weight excluding hydrogens is 200 g/mol. The molecule has 78 valence electrons. The number of thioether (sulfide) groups is 1. The van der Waals surface area contributed by atoms with Gasteiger partial charge in [0.1, 0.15) is 5.03 Å². The van der Waals surface area contributed by atoms with Gasteiger partial charge in [-0.05, 0) is 19.1 Å². The van der Waals surface area contributed by atoms with Gasteiger partial charge in [0.15, 0.2) is 0 Å². The summed E-state index contributed by atoms with van der Waals surface area (Å²) in [5.41, 5.74) is 6.20. The van der Waals surface area contributed by atoms with Crippen LogP contribution in [0.4, 0.5) is 5.69 Å². The van der Waals surface area contributed by atoms with Crippen molar-refractivity contribution in [2.24, 2.45) is 0 Å². The zero-order valence-electron chi connectivity index (χ0n) is 8.06. The Labute approximate surface area is 87.5 Å². The van der Waals surface area contributed by atoms with Crippen molar-refractivity contribution in [3.8, 4) is 5.88 Å². The van der Waals surface area contributed by atoms with Gasteiger partial charge in [-0.3, -0.25) is 0 Å². The van der Waals surface area contributed by atoms with Crippen LogP contribution in [-0.4, -0.2) is 29.1 Å². The van der Waals surface area contributed by atoms with Gasteiger partial charge in [-0.2, -0.15) is 0 Å². The van der Waals surface area contributed by atoms with Crippen LogP contribution in [0.15, 0.2) is 17.2 Å². The Morgan fingerprint density at radius 2 is 2.36 bits per heavy atom. The van der Waals surface area contributed by atoms with E-state index in [-0.39, 0.29) is 6.61 Å². The highest BCUT2D eigenvalue weighted by atomic mass is 32.2. The summed E-state index contributed by atoms with van der Waals surface area (Å²) in [4.78, 5) is 4.20. The number of aliphatic hydroxyl groups excluding tert-OH is 1. The summed E-state index contributed by atoms with van der Waals surface area (Å²) in [5.74, 6) is 1.10. The van der Waals surface area contributed by atoms with Crippen LogP contribution in [0.25, 0.3) is 0 Å². The number of aliphatic hydroxyl groups is 1. The second-order valence-electron chi connectivity index (χ2n) is 2.55. The average molecular weight is 214 g/mol. The van der Waals surface area contributed by atoms with E-state index >= 15 is 0 Å². The second kappa shape index (κ2) is 5.72. The quantitative estimate of drug-likeness (QED) is 0.719. The third kappa shape index (κ3) is 3.08. The normalized spacial score (nSPS) is 10.1. The fourth-order valence-corrected chi connectivity index (χ4v) is 1.53. The molecule has 0 saturated heterocycles. The second-order valence-corrected chi connectivity index (χ2v) is 3.66. The van der Waals surface area contributed by atoms with Gasteiger partial charge in [0.2, 0.25) is 5.88 Å². The Kier molecular flexibility index (Phi) is 4.55. The minimum atomic E-state index is 0.140. The predicted molar refractivity (Wildman–Crippen MR) is 57.6 cm³/mol. The molecule has 0 aliphatic heterocycles. The van der Waals surface area contributed by atoms with Crippen molar-refractivity contribution in [3.05, 3.63) is 12.1 Å². The molecule has 4 nitrogen and oxygen atoms in total. The Morgan fingerprint density at radius 1 is 1.57 bits per heavy atom. The molecule has 1 rings (SSSR count). The molecule has 1 heterocycles. The lowest BCUT2D eigenvalue weighted by Gasteiger charge is -2.06. The molecule has 0 unspecified atom stereocenters. The Bertz CT molecular complexity index is 294. The van der Waals surface area contributed by atoms with Crippen molar-refractivity contribution in [1.82, 2.24) is 4.98 Å². The molecule has 0 amide bonds. The first-order valence-electron chi connectivity index (χ1n) is 4.41. The number of hydrogen-bond acceptors (Lipinski definition) is 5. The van der Waals surface area contributed by atoms with Crippen LogP contribution in [-0.2, 0) is 0 Å². The standard InChI is InChI=1S/C9H14N2O2S/c1-2-13-9-7(10)3-4-8(11-9)14-6-5-12/h3-4,12H,2,5-6,10H2,1H3. The van der Waals surface area contributed by atoms with Crippen molar-refractivity contribution in [2.45, 2.75) is 11.9 Å². The summed E-state index contributed by atoms with van der Waals surface area (Å²) in [6.45, 7) is 2.57. The van der Waals surface area contributed by atoms with E-state index in [1.165, 1.54) is 11.8 Å². The monoisotopic (exact) mass is 214 g/mol. The third-order valence-corrected chi connectivity index (χ3v) is 2.40. The lowest BCUT2D eigenvalue weighted by Crippen LogP contribution is -2.00. The largest absolute Gasteiger partial charge is 0.476 e. The molecular formula is C9H14N2O2S. The highest BCUT2D eigenvalue weighted by molar-refractivity contribution is 7.99. The van der Waals surface area contributed by atoms with Gasteiger partial charge in [-0.15, -0.1) is 11.8 Å². The van der Waals surface area contributed by atoms with E-state index in [0.29, 0.717) is 23.9 Å². The van der Waals surface area contributed by atoms with E-state index in [0.717, 1.165) is 5.03 Å². The maximum atomic E-state index is 8.65. The summed E-state index contributed by atoms with van der Waals surface area (Å²) >= 11 is 1.47. The zero-order valence-corrected chi connectivity index (χ0v) is 8.88. The van der Waals surface area contributed by atoms with Crippen LogP contribution >= 0.6 is 11.8 Å². The average Bonchev–Trinajstić information content (AvgIpc) is 2.19. The number of nitrogen functional groups attached to an aromatic ring is 1. The van der Waals surface area contributed by atoms with Gasteiger partial charge in [0.05, 0.1) is 18.9 Å². The van der Waals surface area contributed by atoms with Crippen molar-refractivity contribution in [2.75, 3.05) is 24.7 Å².